The van der Waals surface area contributed by atoms with Gasteiger partial charge < -0.3 is 11.1 Å². The zero-order chi connectivity index (χ0) is 15.0. The van der Waals surface area contributed by atoms with E-state index in [0.29, 0.717) is 12.6 Å². The lowest BCUT2D eigenvalue weighted by atomic mass is 10.1. The van der Waals surface area contributed by atoms with Crippen molar-refractivity contribution in [3.63, 3.8) is 0 Å². The maximum atomic E-state index is 5.90. The summed E-state index contributed by atoms with van der Waals surface area (Å²) in [6.45, 7) is 7.21. The fraction of sp³-hybridized carbons (Fsp3) is 0.647. The molecule has 0 aliphatic carbocycles. The lowest BCUT2D eigenvalue weighted by Crippen LogP contribution is -2.28. The van der Waals surface area contributed by atoms with Crippen LogP contribution in [-0.2, 0) is 0 Å². The van der Waals surface area contributed by atoms with Crippen LogP contribution in [0.4, 0.5) is 5.69 Å². The van der Waals surface area contributed by atoms with Gasteiger partial charge >= 0.3 is 0 Å². The maximum absolute atomic E-state index is 5.90. The van der Waals surface area contributed by atoms with Crippen LogP contribution in [0.5, 0.6) is 0 Å². The minimum Gasteiger partial charge on any atom is -0.381 e. The van der Waals surface area contributed by atoms with E-state index >= 15 is 0 Å². The summed E-state index contributed by atoms with van der Waals surface area (Å²) in [6.07, 6.45) is 7.76. The number of anilines is 1. The highest BCUT2D eigenvalue weighted by Crippen LogP contribution is 2.25. The first-order valence-electron chi connectivity index (χ1n) is 7.81. The highest BCUT2D eigenvalue weighted by molar-refractivity contribution is 9.10. The molecule has 0 radical (unpaired) electrons. The molecule has 0 aliphatic rings. The van der Waals surface area contributed by atoms with E-state index < -0.39 is 0 Å². The third-order valence-electron chi connectivity index (χ3n) is 3.75. The first kappa shape index (κ1) is 17.5. The number of benzene rings is 1. The van der Waals surface area contributed by atoms with Crippen LogP contribution in [-0.4, -0.2) is 12.6 Å². The molecule has 20 heavy (non-hydrogen) atoms. The molecule has 1 unspecified atom stereocenters. The molecule has 2 nitrogen and oxygen atoms in total. The monoisotopic (exact) mass is 340 g/mol. The Morgan fingerprint density at radius 1 is 1.10 bits per heavy atom. The van der Waals surface area contributed by atoms with Crippen LogP contribution in [0.3, 0.4) is 0 Å². The Labute approximate surface area is 132 Å². The van der Waals surface area contributed by atoms with Crippen LogP contribution in [0.25, 0.3) is 0 Å². The highest BCUT2D eigenvalue weighted by atomic mass is 79.9. The zero-order valence-corrected chi connectivity index (χ0v) is 14.7. The molecule has 0 spiro atoms. The minimum atomic E-state index is 0.386. The van der Waals surface area contributed by atoms with Crippen molar-refractivity contribution in [1.29, 1.82) is 0 Å². The van der Waals surface area contributed by atoms with Gasteiger partial charge in [0.05, 0.1) is 0 Å². The second-order valence-corrected chi connectivity index (χ2v) is 6.50. The average Bonchev–Trinajstić information content (AvgIpc) is 2.43. The predicted molar refractivity (Wildman–Crippen MR) is 93.5 cm³/mol. The summed E-state index contributed by atoms with van der Waals surface area (Å²) in [6, 6.07) is 4.77. The molecule has 3 heteroatoms. The lowest BCUT2D eigenvalue weighted by molar-refractivity contribution is 0.563. The van der Waals surface area contributed by atoms with Crippen molar-refractivity contribution in [2.45, 2.75) is 65.3 Å². The fourth-order valence-corrected chi connectivity index (χ4v) is 2.74. The normalized spacial score (nSPS) is 12.4. The number of rotatable bonds is 9. The van der Waals surface area contributed by atoms with Crippen molar-refractivity contribution in [3.05, 3.63) is 27.7 Å². The molecule has 0 saturated heterocycles. The minimum absolute atomic E-state index is 0.386. The first-order valence-corrected chi connectivity index (χ1v) is 8.61. The summed E-state index contributed by atoms with van der Waals surface area (Å²) in [5.74, 6) is 0. The van der Waals surface area contributed by atoms with E-state index in [9.17, 15) is 0 Å². The third-order valence-corrected chi connectivity index (χ3v) is 5.00. The lowest BCUT2D eigenvalue weighted by Gasteiger charge is -2.19. The van der Waals surface area contributed by atoms with Crippen LogP contribution < -0.4 is 11.1 Å². The van der Waals surface area contributed by atoms with Gasteiger partial charge in [-0.2, -0.15) is 0 Å². The molecule has 0 fully saturated rings. The van der Waals surface area contributed by atoms with Gasteiger partial charge in [-0.25, -0.2) is 0 Å². The van der Waals surface area contributed by atoms with Crippen molar-refractivity contribution in [1.82, 2.24) is 0 Å². The largest absolute Gasteiger partial charge is 0.381 e. The van der Waals surface area contributed by atoms with Gasteiger partial charge in [0.15, 0.2) is 0 Å². The number of nitrogens with two attached hydrogens (primary N) is 1. The van der Waals surface area contributed by atoms with Gasteiger partial charge in [-0.1, -0.05) is 55.0 Å². The Balaban J connectivity index is 2.47. The van der Waals surface area contributed by atoms with Gasteiger partial charge in [-0.3, -0.25) is 0 Å². The first-order chi connectivity index (χ1) is 9.58. The van der Waals surface area contributed by atoms with Crippen molar-refractivity contribution in [3.8, 4) is 0 Å². The Bertz CT molecular complexity index is 381. The van der Waals surface area contributed by atoms with Gasteiger partial charge in [0, 0.05) is 22.7 Å². The van der Waals surface area contributed by atoms with Crippen LogP contribution >= 0.6 is 15.9 Å². The van der Waals surface area contributed by atoms with Crippen LogP contribution in [0.1, 0.15) is 56.6 Å². The van der Waals surface area contributed by atoms with Crippen molar-refractivity contribution in [2.24, 2.45) is 5.73 Å². The molecule has 1 aromatic carbocycles. The molecule has 1 atom stereocenters. The number of hydrogen-bond acceptors (Lipinski definition) is 2. The van der Waals surface area contributed by atoms with E-state index in [1.54, 1.807) is 0 Å². The van der Waals surface area contributed by atoms with Crippen molar-refractivity contribution < 1.29 is 0 Å². The molecule has 3 N–H and O–H groups in total. The number of unbranched alkanes of at least 4 members (excludes halogenated alkanes) is 4. The third kappa shape index (κ3) is 5.84. The van der Waals surface area contributed by atoms with Crippen molar-refractivity contribution >= 4 is 21.6 Å². The summed E-state index contributed by atoms with van der Waals surface area (Å²) >= 11 is 3.61. The average molecular weight is 341 g/mol. The van der Waals surface area contributed by atoms with E-state index in [2.05, 4.69) is 54.2 Å². The van der Waals surface area contributed by atoms with Crippen molar-refractivity contribution in [2.75, 3.05) is 11.9 Å². The Hall–Kier alpha value is -0.540. The number of halogens is 1. The van der Waals surface area contributed by atoms with E-state index in [-0.39, 0.29) is 0 Å². The molecule has 0 bridgehead atoms. The summed E-state index contributed by atoms with van der Waals surface area (Å²) in [4.78, 5) is 0. The molecule has 0 aliphatic heterocycles. The number of hydrogen-bond donors (Lipinski definition) is 2. The van der Waals surface area contributed by atoms with Gasteiger partial charge in [0.1, 0.15) is 0 Å². The van der Waals surface area contributed by atoms with Gasteiger partial charge in [-0.05, 0) is 43.5 Å². The molecule has 0 aromatic heterocycles. The highest BCUT2D eigenvalue weighted by Gasteiger charge is 2.08. The second-order valence-electron chi connectivity index (χ2n) is 5.70. The smallest absolute Gasteiger partial charge is 0.0383 e. The topological polar surface area (TPSA) is 38.0 Å². The SMILES string of the molecule is CCCCCCCC(CN)Nc1cc(C)c(Br)c(C)c1. The summed E-state index contributed by atoms with van der Waals surface area (Å²) in [7, 11) is 0. The van der Waals surface area contributed by atoms with E-state index in [4.69, 9.17) is 5.73 Å². The fourth-order valence-electron chi connectivity index (χ4n) is 2.51. The molecular formula is C17H29BrN2. The zero-order valence-electron chi connectivity index (χ0n) is 13.1. The summed E-state index contributed by atoms with van der Waals surface area (Å²) in [5.41, 5.74) is 9.62. The maximum Gasteiger partial charge on any atom is 0.0383 e. The van der Waals surface area contributed by atoms with Crippen LogP contribution in [0.15, 0.2) is 16.6 Å². The number of aryl methyl sites for hydroxylation is 2. The molecule has 0 saturated carbocycles. The van der Waals surface area contributed by atoms with E-state index in [1.165, 1.54) is 53.4 Å². The molecule has 1 aromatic rings. The van der Waals surface area contributed by atoms with Gasteiger partial charge in [0.2, 0.25) is 0 Å². The van der Waals surface area contributed by atoms with E-state index in [1.807, 2.05) is 0 Å². The quantitative estimate of drug-likeness (QED) is 0.609. The van der Waals surface area contributed by atoms with E-state index in [0.717, 1.165) is 6.42 Å². The standard InChI is InChI=1S/C17H29BrN2/c1-4-5-6-7-8-9-15(12-19)20-16-10-13(2)17(18)14(3)11-16/h10-11,15,20H,4-9,12,19H2,1-3H3. The van der Waals surface area contributed by atoms with Crippen LogP contribution in [0.2, 0.25) is 0 Å². The molecule has 114 valence electrons. The molecular weight excluding hydrogens is 312 g/mol. The molecule has 1 rings (SSSR count). The Kier molecular flexibility index (Phi) is 8.24. The Morgan fingerprint density at radius 2 is 1.70 bits per heavy atom. The molecule has 0 amide bonds. The van der Waals surface area contributed by atoms with Gasteiger partial charge in [-0.15, -0.1) is 0 Å². The second kappa shape index (κ2) is 9.41. The summed E-state index contributed by atoms with van der Waals surface area (Å²) in [5, 5.41) is 3.58. The van der Waals surface area contributed by atoms with Crippen LogP contribution in [0, 0.1) is 13.8 Å². The predicted octanol–water partition coefficient (Wildman–Crippen LogP) is 5.17. The Morgan fingerprint density at radius 3 is 2.25 bits per heavy atom. The van der Waals surface area contributed by atoms with Gasteiger partial charge in [0.25, 0.3) is 0 Å². The number of nitrogens with one attached hydrogen (secondary N) is 1. The molecule has 0 heterocycles. The summed E-state index contributed by atoms with van der Waals surface area (Å²) < 4.78 is 1.20.